The summed E-state index contributed by atoms with van der Waals surface area (Å²) in [5.41, 5.74) is 0. The van der Waals surface area contributed by atoms with Gasteiger partial charge >= 0.3 is 0 Å². The van der Waals surface area contributed by atoms with Crippen LogP contribution in [0.5, 0.6) is 0 Å². The number of hydrogen-bond acceptors (Lipinski definition) is 3. The minimum Gasteiger partial charge on any atom is -0.372 e. The van der Waals surface area contributed by atoms with Crippen molar-refractivity contribution in [1.29, 1.82) is 0 Å². The van der Waals surface area contributed by atoms with Crippen molar-refractivity contribution in [2.45, 2.75) is 109 Å². The summed E-state index contributed by atoms with van der Waals surface area (Å²) in [4.78, 5) is -1.94. The molecule has 22 heavy (non-hydrogen) atoms. The third-order valence-electron chi connectivity index (χ3n) is 4.32. The molecule has 134 valence electrons. The summed E-state index contributed by atoms with van der Waals surface area (Å²) in [6, 6.07) is 0. The molecule has 0 aliphatic rings. The quantitative estimate of drug-likeness (QED) is 0.323. The van der Waals surface area contributed by atoms with Gasteiger partial charge in [-0.2, -0.15) is 8.42 Å². The van der Waals surface area contributed by atoms with Gasteiger partial charge in [-0.3, -0.25) is 4.55 Å². The predicted molar refractivity (Wildman–Crippen MR) is 92.5 cm³/mol. The predicted octanol–water partition coefficient (Wildman–Crippen LogP) is 5.06. The van der Waals surface area contributed by atoms with Crippen LogP contribution >= 0.6 is 0 Å². The third kappa shape index (κ3) is 9.80. The zero-order valence-corrected chi connectivity index (χ0v) is 15.3. The van der Waals surface area contributed by atoms with E-state index in [1.165, 1.54) is 19.3 Å². The van der Waals surface area contributed by atoms with Crippen molar-refractivity contribution in [1.82, 2.24) is 0 Å². The summed E-state index contributed by atoms with van der Waals surface area (Å²) in [5.74, 6) is 0. The Morgan fingerprint density at radius 2 is 1.00 bits per heavy atom. The lowest BCUT2D eigenvalue weighted by Gasteiger charge is -2.24. The van der Waals surface area contributed by atoms with E-state index in [4.69, 9.17) is 0 Å². The Labute approximate surface area is 137 Å². The summed E-state index contributed by atoms with van der Waals surface area (Å²) >= 11 is 0. The Kier molecular flexibility index (Phi) is 12.2. The zero-order valence-electron chi connectivity index (χ0n) is 14.5. The van der Waals surface area contributed by atoms with Crippen molar-refractivity contribution in [2.75, 3.05) is 0 Å². The molecule has 0 aromatic carbocycles. The van der Waals surface area contributed by atoms with E-state index < -0.39 is 15.1 Å². The first-order chi connectivity index (χ1) is 10.4. The topological polar surface area (TPSA) is 74.6 Å². The van der Waals surface area contributed by atoms with Gasteiger partial charge in [-0.15, -0.1) is 0 Å². The summed E-state index contributed by atoms with van der Waals surface area (Å²) in [7, 11) is -4.40. The molecule has 0 bridgehead atoms. The molecular weight excluding hydrogens is 300 g/mol. The highest BCUT2D eigenvalue weighted by molar-refractivity contribution is 7.87. The Balaban J connectivity index is 4.06. The van der Waals surface area contributed by atoms with Crippen LogP contribution in [0, 0.1) is 0 Å². The van der Waals surface area contributed by atoms with E-state index in [1.807, 2.05) is 0 Å². The minimum atomic E-state index is -4.40. The van der Waals surface area contributed by atoms with Crippen LogP contribution in [-0.2, 0) is 10.1 Å². The second kappa shape index (κ2) is 12.3. The third-order valence-corrected chi connectivity index (χ3v) is 5.69. The van der Waals surface area contributed by atoms with Gasteiger partial charge in [0, 0.05) is 0 Å². The normalized spacial score (nSPS) is 14.9. The van der Waals surface area contributed by atoms with Crippen LogP contribution in [0.25, 0.3) is 0 Å². The van der Waals surface area contributed by atoms with Crippen LogP contribution in [0.3, 0.4) is 0 Å². The molecule has 0 aromatic heterocycles. The van der Waals surface area contributed by atoms with Gasteiger partial charge in [-0.05, 0) is 25.7 Å². The van der Waals surface area contributed by atoms with Crippen LogP contribution in [0.4, 0.5) is 0 Å². The molecular formula is C17H36O4S. The van der Waals surface area contributed by atoms with Gasteiger partial charge in [0.2, 0.25) is 0 Å². The van der Waals surface area contributed by atoms with Gasteiger partial charge in [0.05, 0.1) is 0 Å². The smallest absolute Gasteiger partial charge is 0.294 e. The Bertz CT molecular complexity index is 354. The molecule has 0 aromatic rings. The van der Waals surface area contributed by atoms with Gasteiger partial charge in [0.1, 0.15) is 0 Å². The van der Waals surface area contributed by atoms with Crippen molar-refractivity contribution >= 4 is 10.1 Å². The summed E-state index contributed by atoms with van der Waals surface area (Å²) in [6.45, 7) is 4.29. The fraction of sp³-hybridized carbons (Fsp3) is 1.00. The van der Waals surface area contributed by atoms with Gasteiger partial charge < -0.3 is 5.11 Å². The Hall–Kier alpha value is -0.130. The average molecular weight is 337 g/mol. The van der Waals surface area contributed by atoms with E-state index in [9.17, 15) is 18.1 Å². The van der Waals surface area contributed by atoms with Crippen molar-refractivity contribution in [3.63, 3.8) is 0 Å². The highest BCUT2D eigenvalue weighted by Crippen LogP contribution is 2.28. The van der Waals surface area contributed by atoms with E-state index in [1.54, 1.807) is 0 Å². The molecule has 0 saturated heterocycles. The molecule has 0 rings (SSSR count). The van der Waals surface area contributed by atoms with Crippen LogP contribution in [0.2, 0.25) is 0 Å². The lowest BCUT2D eigenvalue weighted by atomic mass is 10.0. The molecule has 0 spiro atoms. The van der Waals surface area contributed by atoms with Gasteiger partial charge in [-0.25, -0.2) is 0 Å². The van der Waals surface area contributed by atoms with Crippen LogP contribution < -0.4 is 0 Å². The molecule has 0 saturated carbocycles. The van der Waals surface area contributed by atoms with Crippen LogP contribution in [-0.4, -0.2) is 23.0 Å². The first-order valence-electron chi connectivity index (χ1n) is 9.06. The summed E-state index contributed by atoms with van der Waals surface area (Å²) < 4.78 is 32.3. The molecule has 0 aliphatic carbocycles. The van der Waals surface area contributed by atoms with Crippen LogP contribution in [0.15, 0.2) is 0 Å². The molecule has 1 unspecified atom stereocenters. The van der Waals surface area contributed by atoms with Crippen molar-refractivity contribution < 1.29 is 18.1 Å². The fourth-order valence-corrected chi connectivity index (χ4v) is 3.55. The summed E-state index contributed by atoms with van der Waals surface area (Å²) in [6.07, 6.45) is 12.6. The molecule has 0 aliphatic heterocycles. The highest BCUT2D eigenvalue weighted by Gasteiger charge is 2.39. The largest absolute Gasteiger partial charge is 0.372 e. The maximum Gasteiger partial charge on any atom is 0.294 e. The zero-order chi connectivity index (χ0) is 16.9. The highest BCUT2D eigenvalue weighted by atomic mass is 32.2. The number of hydrogen-bond donors (Lipinski definition) is 2. The molecule has 0 fully saturated rings. The Morgan fingerprint density at radius 1 is 0.682 bits per heavy atom. The molecule has 2 N–H and O–H groups in total. The second-order valence-electron chi connectivity index (χ2n) is 6.46. The SMILES string of the molecule is CCCCCCCCCC(O)(CCCCCCC)S(=O)(=O)O. The molecule has 1 atom stereocenters. The number of unbranched alkanes of at least 4 members (excludes halogenated alkanes) is 10. The molecule has 0 radical (unpaired) electrons. The fourth-order valence-electron chi connectivity index (χ4n) is 2.75. The van der Waals surface area contributed by atoms with Gasteiger partial charge in [0.15, 0.2) is 4.93 Å². The standard InChI is InChI=1S/C17H36O4S/c1-3-5-7-9-10-12-14-16-17(18,22(19,20)21)15-13-11-8-6-4-2/h18H,3-16H2,1-2H3,(H,19,20,21). The molecule has 5 heteroatoms. The van der Waals surface area contributed by atoms with E-state index in [0.717, 1.165) is 44.9 Å². The van der Waals surface area contributed by atoms with E-state index in [2.05, 4.69) is 13.8 Å². The van der Waals surface area contributed by atoms with Crippen molar-refractivity contribution in [3.05, 3.63) is 0 Å². The summed E-state index contributed by atoms with van der Waals surface area (Å²) in [5, 5.41) is 10.3. The van der Waals surface area contributed by atoms with E-state index in [-0.39, 0.29) is 12.8 Å². The first kappa shape index (κ1) is 21.9. The van der Waals surface area contributed by atoms with Crippen molar-refractivity contribution in [3.8, 4) is 0 Å². The van der Waals surface area contributed by atoms with E-state index in [0.29, 0.717) is 12.8 Å². The van der Waals surface area contributed by atoms with Crippen molar-refractivity contribution in [2.24, 2.45) is 0 Å². The molecule has 0 heterocycles. The monoisotopic (exact) mass is 336 g/mol. The minimum absolute atomic E-state index is 0.144. The number of aliphatic hydroxyl groups is 1. The van der Waals surface area contributed by atoms with Gasteiger partial charge in [-0.1, -0.05) is 78.1 Å². The molecule has 0 amide bonds. The average Bonchev–Trinajstić information content (AvgIpc) is 2.45. The Morgan fingerprint density at radius 3 is 1.32 bits per heavy atom. The maximum absolute atomic E-state index is 11.5. The van der Waals surface area contributed by atoms with Crippen LogP contribution in [0.1, 0.15) is 104 Å². The second-order valence-corrected chi connectivity index (χ2v) is 8.17. The van der Waals surface area contributed by atoms with Gasteiger partial charge in [0.25, 0.3) is 10.1 Å². The van der Waals surface area contributed by atoms with E-state index >= 15 is 0 Å². The first-order valence-corrected chi connectivity index (χ1v) is 10.5. The lowest BCUT2D eigenvalue weighted by molar-refractivity contribution is 0.0884. The molecule has 4 nitrogen and oxygen atoms in total. The lowest BCUT2D eigenvalue weighted by Crippen LogP contribution is -2.38. The number of rotatable bonds is 15. The maximum atomic E-state index is 11.5.